The number of H-pyrrole nitrogens is 1. The monoisotopic (exact) mass is 551 g/mol. The van der Waals surface area contributed by atoms with Gasteiger partial charge in [-0.25, -0.2) is 0 Å². The smallest absolute Gasteiger partial charge is 0.416 e. The molecule has 3 heterocycles. The fraction of sp³-hybridized carbons (Fsp3) is 0.276. The van der Waals surface area contributed by atoms with E-state index in [1.165, 1.54) is 29.0 Å². The number of halogens is 3. The predicted molar refractivity (Wildman–Crippen MR) is 149 cm³/mol. The number of fused-ring (bicyclic) bond motifs is 2. The third kappa shape index (κ3) is 5.18. The molecule has 40 heavy (non-hydrogen) atoms. The SMILES string of the molecule is C=Cc1c(NC(=NCC2COc3ccccc3O2)C(C)CC)n(-c2cccc(C(F)(F)F)c2)c(=O)c2cn[nH]c12. The van der Waals surface area contributed by atoms with Crippen molar-refractivity contribution < 1.29 is 22.6 Å². The second-order valence-electron chi connectivity index (χ2n) is 9.47. The molecule has 2 unspecified atom stereocenters. The Hall–Kier alpha value is -4.54. The number of pyridine rings is 1. The van der Waals surface area contributed by atoms with Crippen LogP contribution in [0.25, 0.3) is 22.7 Å². The van der Waals surface area contributed by atoms with Crippen LogP contribution >= 0.6 is 0 Å². The van der Waals surface area contributed by atoms with Crippen LogP contribution in [0.1, 0.15) is 31.4 Å². The van der Waals surface area contributed by atoms with Crippen molar-refractivity contribution in [3.8, 4) is 17.2 Å². The first kappa shape index (κ1) is 27.0. The molecule has 2 atom stereocenters. The van der Waals surface area contributed by atoms with Crippen molar-refractivity contribution in [1.82, 2.24) is 14.8 Å². The predicted octanol–water partition coefficient (Wildman–Crippen LogP) is 6.07. The average molecular weight is 552 g/mol. The molecular formula is C29H28F3N5O3. The van der Waals surface area contributed by atoms with E-state index >= 15 is 0 Å². The maximum absolute atomic E-state index is 13.7. The summed E-state index contributed by atoms with van der Waals surface area (Å²) in [6.07, 6.45) is -1.36. The second-order valence-corrected chi connectivity index (χ2v) is 9.47. The van der Waals surface area contributed by atoms with Crippen LogP contribution in [-0.4, -0.2) is 39.9 Å². The zero-order valence-electron chi connectivity index (χ0n) is 22.0. The third-order valence-corrected chi connectivity index (χ3v) is 6.82. The van der Waals surface area contributed by atoms with Crippen LogP contribution in [0.15, 0.2) is 71.1 Å². The highest BCUT2D eigenvalue weighted by atomic mass is 19.4. The van der Waals surface area contributed by atoms with E-state index < -0.39 is 17.3 Å². The Kier molecular flexibility index (Phi) is 7.38. The van der Waals surface area contributed by atoms with Crippen LogP contribution in [-0.2, 0) is 6.18 Å². The Morgan fingerprint density at radius 2 is 2.05 bits per heavy atom. The lowest BCUT2D eigenvalue weighted by Gasteiger charge is -2.26. The van der Waals surface area contributed by atoms with Gasteiger partial charge in [-0.15, -0.1) is 0 Å². The molecule has 11 heteroatoms. The summed E-state index contributed by atoms with van der Waals surface area (Å²) in [7, 11) is 0. The summed E-state index contributed by atoms with van der Waals surface area (Å²) in [5, 5.41) is 10.3. The van der Waals surface area contributed by atoms with Crippen LogP contribution in [0.2, 0.25) is 0 Å². The van der Waals surface area contributed by atoms with E-state index in [0.29, 0.717) is 41.4 Å². The molecule has 0 fully saturated rings. The summed E-state index contributed by atoms with van der Waals surface area (Å²) < 4.78 is 53.8. The minimum atomic E-state index is -4.59. The van der Waals surface area contributed by atoms with Crippen molar-refractivity contribution in [2.24, 2.45) is 10.9 Å². The van der Waals surface area contributed by atoms with Gasteiger partial charge in [-0.05, 0) is 36.8 Å². The van der Waals surface area contributed by atoms with Crippen molar-refractivity contribution in [2.45, 2.75) is 32.5 Å². The highest BCUT2D eigenvalue weighted by Crippen LogP contribution is 2.33. The van der Waals surface area contributed by atoms with Gasteiger partial charge in [-0.1, -0.05) is 44.7 Å². The summed E-state index contributed by atoms with van der Waals surface area (Å²) in [6.45, 7) is 8.41. The number of ether oxygens (including phenoxy) is 2. The minimum Gasteiger partial charge on any atom is -0.486 e. The number of aliphatic imine (C=N–C) groups is 1. The summed E-state index contributed by atoms with van der Waals surface area (Å²) in [5.74, 6) is 1.96. The fourth-order valence-electron chi connectivity index (χ4n) is 4.49. The quantitative estimate of drug-likeness (QED) is 0.215. The van der Waals surface area contributed by atoms with Gasteiger partial charge >= 0.3 is 6.18 Å². The van der Waals surface area contributed by atoms with E-state index in [1.54, 1.807) is 0 Å². The lowest BCUT2D eigenvalue weighted by Crippen LogP contribution is -2.34. The van der Waals surface area contributed by atoms with Gasteiger partial charge in [-0.3, -0.25) is 19.5 Å². The molecule has 0 radical (unpaired) electrons. The van der Waals surface area contributed by atoms with E-state index in [2.05, 4.69) is 22.1 Å². The van der Waals surface area contributed by atoms with Crippen molar-refractivity contribution in [3.63, 3.8) is 0 Å². The van der Waals surface area contributed by atoms with E-state index in [1.807, 2.05) is 38.1 Å². The van der Waals surface area contributed by atoms with Crippen LogP contribution in [0.3, 0.4) is 0 Å². The minimum absolute atomic E-state index is 0.0395. The van der Waals surface area contributed by atoms with E-state index in [4.69, 9.17) is 14.5 Å². The highest BCUT2D eigenvalue weighted by Gasteiger charge is 2.31. The second kappa shape index (κ2) is 10.9. The number of anilines is 1. The molecule has 5 rings (SSSR count). The summed E-state index contributed by atoms with van der Waals surface area (Å²) >= 11 is 0. The van der Waals surface area contributed by atoms with Crippen LogP contribution in [0.4, 0.5) is 19.0 Å². The molecule has 8 nitrogen and oxygen atoms in total. The number of hydrogen-bond donors (Lipinski definition) is 2. The number of aromatic amines is 1. The number of rotatable bonds is 7. The number of nitrogens with one attached hydrogen (secondary N) is 2. The normalized spacial score (nSPS) is 16.1. The molecule has 0 amide bonds. The van der Waals surface area contributed by atoms with E-state index in [9.17, 15) is 18.0 Å². The lowest BCUT2D eigenvalue weighted by atomic mass is 10.1. The number of amidine groups is 1. The maximum Gasteiger partial charge on any atom is 0.416 e. The van der Waals surface area contributed by atoms with Crippen molar-refractivity contribution in [1.29, 1.82) is 0 Å². The first-order chi connectivity index (χ1) is 19.2. The number of nitrogens with zero attached hydrogens (tertiary/aromatic N) is 3. The van der Waals surface area contributed by atoms with Gasteiger partial charge in [-0.2, -0.15) is 18.3 Å². The standard InChI is InChI=1S/C29H28F3N5O3/c1-4-17(3)26(33-14-20-16-39-23-11-6-7-12-24(23)40-20)35-27-21(5-2)25-22(15-34-36-25)28(38)37(27)19-10-8-9-18(13-19)29(30,31)32/h5-13,15,17,20H,2,4,14,16H2,1,3H3,(H,33,35)(H,34,36). The highest BCUT2D eigenvalue weighted by molar-refractivity contribution is 6.01. The zero-order chi connectivity index (χ0) is 28.4. The van der Waals surface area contributed by atoms with Crippen molar-refractivity contribution >= 4 is 28.6 Å². The van der Waals surface area contributed by atoms with Crippen molar-refractivity contribution in [2.75, 3.05) is 18.5 Å². The molecule has 0 saturated carbocycles. The molecule has 208 valence electrons. The molecule has 0 spiro atoms. The Bertz CT molecular complexity index is 1640. The molecular weight excluding hydrogens is 523 g/mol. The maximum atomic E-state index is 13.7. The Labute approximate surface area is 228 Å². The molecule has 0 bridgehead atoms. The Balaban J connectivity index is 1.59. The average Bonchev–Trinajstić information content (AvgIpc) is 3.45. The molecule has 0 aliphatic carbocycles. The molecule has 4 aromatic rings. The lowest BCUT2D eigenvalue weighted by molar-refractivity contribution is -0.137. The van der Waals surface area contributed by atoms with Crippen molar-refractivity contribution in [3.05, 3.63) is 82.8 Å². The van der Waals surface area contributed by atoms with Crippen LogP contribution in [0, 0.1) is 5.92 Å². The van der Waals surface area contributed by atoms with Gasteiger partial charge in [0.2, 0.25) is 0 Å². The van der Waals surface area contributed by atoms with E-state index in [-0.39, 0.29) is 35.5 Å². The number of para-hydroxylation sites is 2. The largest absolute Gasteiger partial charge is 0.486 e. The van der Waals surface area contributed by atoms with Gasteiger partial charge < -0.3 is 14.8 Å². The number of hydrogen-bond acceptors (Lipinski definition) is 5. The summed E-state index contributed by atoms with van der Waals surface area (Å²) in [5.41, 5.74) is -0.500. The number of alkyl halides is 3. The number of aromatic nitrogens is 3. The molecule has 2 N–H and O–H groups in total. The third-order valence-electron chi connectivity index (χ3n) is 6.82. The topological polar surface area (TPSA) is 93.5 Å². The van der Waals surface area contributed by atoms with E-state index in [0.717, 1.165) is 12.1 Å². The summed E-state index contributed by atoms with van der Waals surface area (Å²) in [4.78, 5) is 18.4. The molecule has 0 saturated heterocycles. The van der Waals surface area contributed by atoms with Gasteiger partial charge in [0, 0.05) is 11.5 Å². The van der Waals surface area contributed by atoms with Gasteiger partial charge in [0.25, 0.3) is 5.56 Å². The Morgan fingerprint density at radius 3 is 2.77 bits per heavy atom. The molecule has 2 aromatic carbocycles. The molecule has 1 aliphatic rings. The summed E-state index contributed by atoms with van der Waals surface area (Å²) in [6, 6.07) is 12.0. The molecule has 2 aromatic heterocycles. The first-order valence-corrected chi connectivity index (χ1v) is 12.8. The van der Waals surface area contributed by atoms with Gasteiger partial charge in [0.15, 0.2) is 17.6 Å². The van der Waals surface area contributed by atoms with Crippen LogP contribution in [0.5, 0.6) is 11.5 Å². The zero-order valence-corrected chi connectivity index (χ0v) is 22.0. The number of benzene rings is 2. The fourth-order valence-corrected chi connectivity index (χ4v) is 4.49. The Morgan fingerprint density at radius 1 is 1.27 bits per heavy atom. The van der Waals surface area contributed by atoms with Gasteiger partial charge in [0.1, 0.15) is 18.3 Å². The molecule has 1 aliphatic heterocycles. The van der Waals surface area contributed by atoms with Gasteiger partial charge in [0.05, 0.1) is 34.9 Å². The first-order valence-electron chi connectivity index (χ1n) is 12.8. The van der Waals surface area contributed by atoms with Crippen LogP contribution < -0.4 is 20.3 Å².